The summed E-state index contributed by atoms with van der Waals surface area (Å²) in [6.45, 7) is 4.23. The van der Waals surface area contributed by atoms with E-state index in [-0.39, 0.29) is 11.7 Å². The third-order valence-electron chi connectivity index (χ3n) is 4.62. The SMILES string of the molecule is Cn1nccc1C(=O)N(CCN1CCOCC1)c1nc2c(F)cccc2s1. The number of para-hydroxylation sites is 1. The summed E-state index contributed by atoms with van der Waals surface area (Å²) in [5.74, 6) is -0.571. The molecule has 0 N–H and O–H groups in total. The number of aromatic nitrogens is 3. The van der Waals surface area contributed by atoms with Gasteiger partial charge < -0.3 is 4.74 Å². The van der Waals surface area contributed by atoms with E-state index in [2.05, 4.69) is 15.0 Å². The van der Waals surface area contributed by atoms with Crippen LogP contribution in [0.4, 0.5) is 9.52 Å². The maximum Gasteiger partial charge on any atom is 0.278 e. The molecule has 0 atom stereocenters. The van der Waals surface area contributed by atoms with E-state index in [1.54, 1.807) is 30.3 Å². The molecule has 0 spiro atoms. The van der Waals surface area contributed by atoms with Crippen molar-refractivity contribution in [1.29, 1.82) is 0 Å². The van der Waals surface area contributed by atoms with Gasteiger partial charge in [0.05, 0.1) is 17.9 Å². The summed E-state index contributed by atoms with van der Waals surface area (Å²) in [4.78, 5) is 21.4. The molecule has 1 aromatic carbocycles. The van der Waals surface area contributed by atoms with Crippen molar-refractivity contribution in [2.75, 3.05) is 44.3 Å². The smallest absolute Gasteiger partial charge is 0.278 e. The molecule has 1 fully saturated rings. The number of hydrogen-bond acceptors (Lipinski definition) is 6. The zero-order valence-corrected chi connectivity index (χ0v) is 15.8. The molecule has 1 aliphatic rings. The number of aryl methyl sites for hydroxylation is 1. The van der Waals surface area contributed by atoms with Crippen LogP contribution in [0.15, 0.2) is 30.5 Å². The quantitative estimate of drug-likeness (QED) is 0.669. The number of hydrogen-bond donors (Lipinski definition) is 0. The number of fused-ring (bicyclic) bond motifs is 1. The van der Waals surface area contributed by atoms with Gasteiger partial charge in [-0.3, -0.25) is 19.3 Å². The molecule has 0 radical (unpaired) electrons. The van der Waals surface area contributed by atoms with Gasteiger partial charge in [0.25, 0.3) is 5.91 Å². The number of carbonyl (C=O) groups excluding carboxylic acids is 1. The highest BCUT2D eigenvalue weighted by Gasteiger charge is 2.25. The Balaban J connectivity index is 1.64. The van der Waals surface area contributed by atoms with E-state index >= 15 is 0 Å². The molecule has 27 heavy (non-hydrogen) atoms. The summed E-state index contributed by atoms with van der Waals surface area (Å²) in [5.41, 5.74) is 0.767. The first-order valence-electron chi connectivity index (χ1n) is 8.78. The number of amides is 1. The summed E-state index contributed by atoms with van der Waals surface area (Å²) < 4.78 is 21.7. The molecule has 1 amide bonds. The van der Waals surface area contributed by atoms with Gasteiger partial charge >= 0.3 is 0 Å². The Morgan fingerprint density at radius 1 is 1.33 bits per heavy atom. The van der Waals surface area contributed by atoms with E-state index in [0.717, 1.165) is 17.8 Å². The molecule has 2 aromatic heterocycles. The molecule has 3 aromatic rings. The van der Waals surface area contributed by atoms with Gasteiger partial charge in [-0.05, 0) is 18.2 Å². The molecule has 0 unspecified atom stereocenters. The lowest BCUT2D eigenvalue weighted by Gasteiger charge is -2.29. The Bertz CT molecular complexity index is 950. The predicted octanol–water partition coefficient (Wildman–Crippen LogP) is 2.15. The number of thiazole rings is 1. The number of carbonyl (C=O) groups is 1. The second kappa shape index (κ2) is 7.71. The fourth-order valence-electron chi connectivity index (χ4n) is 3.09. The first kappa shape index (κ1) is 18.0. The number of nitrogens with zero attached hydrogens (tertiary/aromatic N) is 5. The molecule has 7 nitrogen and oxygen atoms in total. The average Bonchev–Trinajstić information content (AvgIpc) is 3.29. The molecule has 9 heteroatoms. The van der Waals surface area contributed by atoms with Crippen LogP contribution >= 0.6 is 11.3 Å². The van der Waals surface area contributed by atoms with Gasteiger partial charge in [-0.2, -0.15) is 5.10 Å². The molecule has 0 saturated carbocycles. The molecule has 1 saturated heterocycles. The standard InChI is InChI=1S/C18H20FN5O2S/c1-22-14(5-6-20-22)17(25)24(8-7-23-9-11-26-12-10-23)18-21-16-13(19)3-2-4-15(16)27-18/h2-6H,7-12H2,1H3. The van der Waals surface area contributed by atoms with Crippen LogP contribution in [0.3, 0.4) is 0 Å². The Hall–Kier alpha value is -2.36. The maximum absolute atomic E-state index is 14.1. The summed E-state index contributed by atoms with van der Waals surface area (Å²) in [6, 6.07) is 6.53. The zero-order chi connectivity index (χ0) is 18.8. The largest absolute Gasteiger partial charge is 0.379 e. The Morgan fingerprint density at radius 3 is 2.85 bits per heavy atom. The first-order valence-corrected chi connectivity index (χ1v) is 9.60. The summed E-state index contributed by atoms with van der Waals surface area (Å²) in [6.07, 6.45) is 1.59. The van der Waals surface area contributed by atoms with E-state index in [4.69, 9.17) is 4.74 Å². The van der Waals surface area contributed by atoms with Crippen molar-refractivity contribution < 1.29 is 13.9 Å². The lowest BCUT2D eigenvalue weighted by molar-refractivity contribution is 0.0391. The van der Waals surface area contributed by atoms with E-state index in [1.807, 2.05) is 6.07 Å². The second-order valence-corrected chi connectivity index (χ2v) is 7.34. The number of rotatable bonds is 5. The zero-order valence-electron chi connectivity index (χ0n) is 15.0. The normalized spacial score (nSPS) is 15.3. The third-order valence-corrected chi connectivity index (χ3v) is 5.66. The highest BCUT2D eigenvalue weighted by molar-refractivity contribution is 7.22. The molecular formula is C18H20FN5O2S. The van der Waals surface area contributed by atoms with Crippen LogP contribution in [0, 0.1) is 5.82 Å². The lowest BCUT2D eigenvalue weighted by Crippen LogP contribution is -2.43. The van der Waals surface area contributed by atoms with Gasteiger partial charge in [0, 0.05) is 39.4 Å². The van der Waals surface area contributed by atoms with Crippen LogP contribution in [0.5, 0.6) is 0 Å². The third kappa shape index (κ3) is 3.71. The fourth-order valence-corrected chi connectivity index (χ4v) is 4.10. The number of halogens is 1. The van der Waals surface area contributed by atoms with Crippen LogP contribution in [0.2, 0.25) is 0 Å². The van der Waals surface area contributed by atoms with Gasteiger partial charge in [0.2, 0.25) is 0 Å². The molecule has 4 rings (SSSR count). The predicted molar refractivity (Wildman–Crippen MR) is 102 cm³/mol. The minimum absolute atomic E-state index is 0.192. The molecule has 142 valence electrons. The van der Waals surface area contributed by atoms with Gasteiger partial charge in [0.1, 0.15) is 17.0 Å². The van der Waals surface area contributed by atoms with Gasteiger partial charge in [0.15, 0.2) is 5.13 Å². The van der Waals surface area contributed by atoms with Crippen molar-refractivity contribution in [3.8, 4) is 0 Å². The number of anilines is 1. The summed E-state index contributed by atoms with van der Waals surface area (Å²) >= 11 is 1.32. The molecule has 1 aliphatic heterocycles. The van der Waals surface area contributed by atoms with Crippen molar-refractivity contribution in [2.45, 2.75) is 0 Å². The van der Waals surface area contributed by atoms with Crippen LogP contribution < -0.4 is 4.90 Å². The number of ether oxygens (including phenoxy) is 1. The van der Waals surface area contributed by atoms with E-state index < -0.39 is 0 Å². The highest BCUT2D eigenvalue weighted by atomic mass is 32.1. The second-order valence-electron chi connectivity index (χ2n) is 6.33. The van der Waals surface area contributed by atoms with Crippen LogP contribution in [0.25, 0.3) is 10.2 Å². The van der Waals surface area contributed by atoms with Gasteiger partial charge in [-0.15, -0.1) is 0 Å². The van der Waals surface area contributed by atoms with Crippen molar-refractivity contribution in [3.63, 3.8) is 0 Å². The van der Waals surface area contributed by atoms with Crippen LogP contribution in [0.1, 0.15) is 10.5 Å². The Kier molecular flexibility index (Phi) is 5.15. The summed E-state index contributed by atoms with van der Waals surface area (Å²) in [7, 11) is 1.73. The van der Waals surface area contributed by atoms with E-state index in [1.165, 1.54) is 22.1 Å². The molecular weight excluding hydrogens is 369 g/mol. The molecule has 0 aliphatic carbocycles. The number of morpholine rings is 1. The number of benzene rings is 1. The average molecular weight is 389 g/mol. The van der Waals surface area contributed by atoms with Crippen LogP contribution in [-0.2, 0) is 11.8 Å². The van der Waals surface area contributed by atoms with Crippen molar-refractivity contribution >= 4 is 32.6 Å². The summed E-state index contributed by atoms with van der Waals surface area (Å²) in [5, 5.41) is 4.58. The Labute approximate surface area is 160 Å². The lowest BCUT2D eigenvalue weighted by atomic mass is 10.3. The van der Waals surface area contributed by atoms with E-state index in [9.17, 15) is 9.18 Å². The van der Waals surface area contributed by atoms with Gasteiger partial charge in [-0.25, -0.2) is 9.37 Å². The van der Waals surface area contributed by atoms with Crippen LogP contribution in [-0.4, -0.2) is 65.0 Å². The molecule has 0 bridgehead atoms. The van der Waals surface area contributed by atoms with Crippen molar-refractivity contribution in [3.05, 3.63) is 42.0 Å². The maximum atomic E-state index is 14.1. The van der Waals surface area contributed by atoms with Crippen molar-refractivity contribution in [1.82, 2.24) is 19.7 Å². The van der Waals surface area contributed by atoms with Gasteiger partial charge in [-0.1, -0.05) is 17.4 Å². The molecule has 3 heterocycles. The highest BCUT2D eigenvalue weighted by Crippen LogP contribution is 2.31. The first-order chi connectivity index (χ1) is 13.1. The fraction of sp³-hybridized carbons (Fsp3) is 0.389. The minimum atomic E-state index is -0.379. The van der Waals surface area contributed by atoms with Crippen molar-refractivity contribution in [2.24, 2.45) is 7.05 Å². The van der Waals surface area contributed by atoms with E-state index in [0.29, 0.717) is 42.6 Å². The monoisotopic (exact) mass is 389 g/mol. The minimum Gasteiger partial charge on any atom is -0.379 e. The Morgan fingerprint density at radius 2 is 2.15 bits per heavy atom. The topological polar surface area (TPSA) is 63.5 Å².